The van der Waals surface area contributed by atoms with Gasteiger partial charge < -0.3 is 15.4 Å². The molecule has 2 aromatic rings. The van der Waals surface area contributed by atoms with Crippen LogP contribution in [0.25, 0.3) is 0 Å². The van der Waals surface area contributed by atoms with Crippen LogP contribution < -0.4 is 15.4 Å². The summed E-state index contributed by atoms with van der Waals surface area (Å²) in [6, 6.07) is 7.68. The number of hydrogen-bond donors (Lipinski definition) is 2. The van der Waals surface area contributed by atoms with Crippen LogP contribution in [-0.4, -0.2) is 35.0 Å². The number of fused-ring (bicyclic) bond motifs is 1. The van der Waals surface area contributed by atoms with E-state index in [1.54, 1.807) is 12.3 Å². The van der Waals surface area contributed by atoms with Crippen molar-refractivity contribution in [2.24, 2.45) is 5.92 Å². The van der Waals surface area contributed by atoms with Gasteiger partial charge in [-0.1, -0.05) is 24.6 Å². The number of aromatic nitrogens is 1. The van der Waals surface area contributed by atoms with Crippen LogP contribution in [0.5, 0.6) is 5.75 Å². The highest BCUT2D eigenvalue weighted by Crippen LogP contribution is 2.52. The molecule has 2 bridgehead atoms. The highest BCUT2D eigenvalue weighted by atomic mass is 35.5. The molecule has 1 aromatic heterocycles. The maximum atomic E-state index is 13.4. The van der Waals surface area contributed by atoms with Crippen molar-refractivity contribution in [3.63, 3.8) is 0 Å². The molecule has 3 aliphatic carbocycles. The van der Waals surface area contributed by atoms with Crippen molar-refractivity contribution in [1.29, 1.82) is 0 Å². The molecule has 0 unspecified atom stereocenters. The van der Waals surface area contributed by atoms with Crippen molar-refractivity contribution in [2.75, 3.05) is 6.61 Å². The quantitative estimate of drug-likeness (QED) is 0.705. The van der Waals surface area contributed by atoms with Gasteiger partial charge in [0.05, 0.1) is 5.02 Å². The van der Waals surface area contributed by atoms with E-state index in [1.807, 2.05) is 13.0 Å². The van der Waals surface area contributed by atoms with Gasteiger partial charge in [-0.25, -0.2) is 4.39 Å². The second-order valence-corrected chi connectivity index (χ2v) is 8.46. The van der Waals surface area contributed by atoms with Gasteiger partial charge in [0, 0.05) is 23.8 Å². The van der Waals surface area contributed by atoms with Crippen molar-refractivity contribution in [3.8, 4) is 5.75 Å². The Morgan fingerprint density at radius 2 is 2.07 bits per heavy atom. The summed E-state index contributed by atoms with van der Waals surface area (Å²) in [4.78, 5) is 29.0. The van der Waals surface area contributed by atoms with Crippen molar-refractivity contribution in [2.45, 2.75) is 44.2 Å². The van der Waals surface area contributed by atoms with Crippen LogP contribution in [-0.2, 0) is 11.2 Å². The first kappa shape index (κ1) is 20.6. The summed E-state index contributed by atoms with van der Waals surface area (Å²) in [5, 5.41) is 6.08. The molecule has 0 spiro atoms. The van der Waals surface area contributed by atoms with Gasteiger partial charge in [-0.15, -0.1) is 0 Å². The van der Waals surface area contributed by atoms with Crippen molar-refractivity contribution in [1.82, 2.24) is 15.6 Å². The van der Waals surface area contributed by atoms with E-state index in [2.05, 4.69) is 15.6 Å². The Balaban J connectivity index is 1.27. The summed E-state index contributed by atoms with van der Waals surface area (Å²) in [6.07, 6.45) is 4.94. The number of carbonyl (C=O) groups excluding carboxylic acids is 2. The number of amides is 2. The molecule has 0 radical (unpaired) electrons. The molecule has 0 saturated heterocycles. The first-order chi connectivity index (χ1) is 14.4. The monoisotopic (exact) mass is 431 g/mol. The number of ether oxygens (including phenoxy) is 1. The van der Waals surface area contributed by atoms with E-state index in [9.17, 15) is 14.0 Å². The molecular formula is C22H23ClFN3O3. The zero-order valence-electron chi connectivity index (χ0n) is 16.6. The fourth-order valence-corrected chi connectivity index (χ4v) is 4.46. The predicted octanol–water partition coefficient (Wildman–Crippen LogP) is 3.28. The number of rotatable bonds is 7. The minimum Gasteiger partial charge on any atom is -0.484 e. The van der Waals surface area contributed by atoms with Gasteiger partial charge in [-0.3, -0.25) is 14.6 Å². The minimum atomic E-state index is -0.595. The number of pyridine rings is 1. The van der Waals surface area contributed by atoms with Crippen molar-refractivity contribution < 1.29 is 18.7 Å². The molecule has 3 aliphatic rings. The second-order valence-electron chi connectivity index (χ2n) is 8.05. The summed E-state index contributed by atoms with van der Waals surface area (Å²) in [6.45, 7) is 1.83. The summed E-state index contributed by atoms with van der Waals surface area (Å²) in [5.74, 6) is -0.481. The van der Waals surface area contributed by atoms with Crippen LogP contribution in [0.4, 0.5) is 4.39 Å². The lowest BCUT2D eigenvalue weighted by atomic mass is 9.76. The fraction of sp³-hybridized carbons (Fsp3) is 0.409. The molecular weight excluding hydrogens is 409 g/mol. The lowest BCUT2D eigenvalue weighted by Crippen LogP contribution is -2.52. The summed E-state index contributed by atoms with van der Waals surface area (Å²) < 4.78 is 18.8. The summed E-state index contributed by atoms with van der Waals surface area (Å²) in [7, 11) is 0. The maximum Gasteiger partial charge on any atom is 0.270 e. The summed E-state index contributed by atoms with van der Waals surface area (Å²) in [5.41, 5.74) is 1.20. The number of carbonyl (C=O) groups is 2. The van der Waals surface area contributed by atoms with Crippen LogP contribution in [0.2, 0.25) is 5.02 Å². The van der Waals surface area contributed by atoms with Gasteiger partial charge >= 0.3 is 0 Å². The van der Waals surface area contributed by atoms with Crippen LogP contribution in [0, 0.1) is 11.7 Å². The van der Waals surface area contributed by atoms with Gasteiger partial charge in [0.15, 0.2) is 6.61 Å². The van der Waals surface area contributed by atoms with E-state index < -0.39 is 5.82 Å². The molecule has 0 aliphatic heterocycles. The van der Waals surface area contributed by atoms with E-state index in [-0.39, 0.29) is 40.8 Å². The van der Waals surface area contributed by atoms with E-state index in [4.69, 9.17) is 16.3 Å². The smallest absolute Gasteiger partial charge is 0.270 e. The molecule has 6 nitrogen and oxygen atoms in total. The number of halogens is 2. The molecule has 3 saturated carbocycles. The number of aryl methyl sites for hydroxylation is 1. The normalized spacial score (nSPS) is 24.1. The van der Waals surface area contributed by atoms with E-state index in [0.29, 0.717) is 18.0 Å². The Kier molecular flexibility index (Phi) is 5.64. The molecule has 5 rings (SSSR count). The van der Waals surface area contributed by atoms with Gasteiger partial charge in [-0.2, -0.15) is 0 Å². The lowest BCUT2D eigenvalue weighted by Gasteiger charge is -2.39. The van der Waals surface area contributed by atoms with Crippen LogP contribution in [0.15, 0.2) is 36.5 Å². The van der Waals surface area contributed by atoms with Crippen molar-refractivity contribution >= 4 is 23.4 Å². The Labute approximate surface area is 179 Å². The standard InChI is InChI=1S/C22H23ClFN3O3/c1-2-13-3-6-18(25-11-13)21(29)27-22-8-14(9-22)19(10-22)26-20(28)12-30-15-4-5-16(23)17(24)7-15/h3-7,11,14,19H,2,8-10,12H2,1H3,(H,26,28)(H,27,29)/t14?,19-,22?/m0/s1. The van der Waals surface area contributed by atoms with Crippen molar-refractivity contribution in [3.05, 3.63) is 58.6 Å². The van der Waals surface area contributed by atoms with Gasteiger partial charge in [-0.05, 0) is 55.4 Å². The molecule has 1 heterocycles. The first-order valence-corrected chi connectivity index (χ1v) is 10.4. The predicted molar refractivity (Wildman–Crippen MR) is 110 cm³/mol. The van der Waals surface area contributed by atoms with E-state index >= 15 is 0 Å². The number of hydrogen-bond acceptors (Lipinski definition) is 4. The number of nitrogens with one attached hydrogen (secondary N) is 2. The summed E-state index contributed by atoms with van der Waals surface area (Å²) >= 11 is 5.64. The van der Waals surface area contributed by atoms with E-state index in [1.165, 1.54) is 12.1 Å². The topological polar surface area (TPSA) is 80.3 Å². The van der Waals surface area contributed by atoms with E-state index in [0.717, 1.165) is 30.9 Å². The maximum absolute atomic E-state index is 13.4. The lowest BCUT2D eigenvalue weighted by molar-refractivity contribution is -0.124. The minimum absolute atomic E-state index is 0.00128. The molecule has 3 fully saturated rings. The zero-order valence-corrected chi connectivity index (χ0v) is 17.3. The average molecular weight is 432 g/mol. The number of nitrogens with zero attached hydrogens (tertiary/aromatic N) is 1. The first-order valence-electron chi connectivity index (χ1n) is 10.0. The molecule has 30 heavy (non-hydrogen) atoms. The average Bonchev–Trinajstić information content (AvgIpc) is 3.22. The Bertz CT molecular complexity index is 961. The Morgan fingerprint density at radius 1 is 1.27 bits per heavy atom. The molecule has 2 amide bonds. The highest BCUT2D eigenvalue weighted by Gasteiger charge is 2.57. The molecule has 1 atom stereocenters. The molecule has 2 N–H and O–H groups in total. The highest BCUT2D eigenvalue weighted by molar-refractivity contribution is 6.30. The second kappa shape index (κ2) is 8.22. The zero-order chi connectivity index (χ0) is 21.3. The largest absolute Gasteiger partial charge is 0.484 e. The van der Waals surface area contributed by atoms with Crippen LogP contribution in [0.1, 0.15) is 42.2 Å². The Hall–Kier alpha value is -2.67. The molecule has 8 heteroatoms. The van der Waals surface area contributed by atoms with Gasteiger partial charge in [0.1, 0.15) is 17.3 Å². The molecule has 158 valence electrons. The molecule has 1 aromatic carbocycles. The van der Waals surface area contributed by atoms with Gasteiger partial charge in [0.25, 0.3) is 11.8 Å². The third-order valence-electron chi connectivity index (χ3n) is 5.94. The third kappa shape index (κ3) is 4.26. The van der Waals surface area contributed by atoms with Gasteiger partial charge in [0.2, 0.25) is 0 Å². The van der Waals surface area contributed by atoms with Crippen LogP contribution >= 0.6 is 11.6 Å². The number of benzene rings is 1. The SMILES string of the molecule is CCc1ccc(C(=O)NC23CC(C2)[C@@H](NC(=O)COc2ccc(Cl)c(F)c2)C3)nc1. The fourth-order valence-electron chi connectivity index (χ4n) is 4.34. The Morgan fingerprint density at radius 3 is 2.73 bits per heavy atom. The third-order valence-corrected chi connectivity index (χ3v) is 6.24. The van der Waals surface area contributed by atoms with Crippen LogP contribution in [0.3, 0.4) is 0 Å².